The maximum absolute atomic E-state index is 5.81. The molecule has 0 aliphatic carbocycles. The van der Waals surface area contributed by atoms with E-state index in [0.29, 0.717) is 5.92 Å². The van der Waals surface area contributed by atoms with Crippen LogP contribution in [0.25, 0.3) is 0 Å². The van der Waals surface area contributed by atoms with Gasteiger partial charge in [-0.05, 0) is 12.1 Å². The van der Waals surface area contributed by atoms with E-state index in [1.54, 1.807) is 0 Å². The molecule has 2 heterocycles. The monoisotopic (exact) mass is 230 g/mol. The molecule has 90 valence electrons. The summed E-state index contributed by atoms with van der Waals surface area (Å²) >= 11 is 0. The zero-order valence-electron chi connectivity index (χ0n) is 10.1. The van der Waals surface area contributed by atoms with E-state index in [-0.39, 0.29) is 5.60 Å². The Morgan fingerprint density at radius 2 is 2.18 bits per heavy atom. The number of rotatable bonds is 1. The Morgan fingerprint density at radius 3 is 2.94 bits per heavy atom. The van der Waals surface area contributed by atoms with Crippen LogP contribution in [0.4, 0.5) is 0 Å². The second-order valence-electron chi connectivity index (χ2n) is 5.09. The van der Waals surface area contributed by atoms with E-state index in [0.717, 1.165) is 31.6 Å². The first kappa shape index (κ1) is 10.8. The van der Waals surface area contributed by atoms with Crippen LogP contribution in [0.2, 0.25) is 0 Å². The third kappa shape index (κ3) is 1.84. The molecule has 0 aromatic heterocycles. The normalized spacial score (nSPS) is 32.3. The van der Waals surface area contributed by atoms with E-state index in [4.69, 9.17) is 4.84 Å². The van der Waals surface area contributed by atoms with Crippen LogP contribution in [-0.4, -0.2) is 24.4 Å². The molecule has 1 spiro atoms. The standard InChI is InChI=1S/C14H18N2O/c1-11-10-15-8-7-14(11)9-13(16-17-14)12-5-3-2-4-6-12/h2-6,11,15H,7-10H2,1H3. The van der Waals surface area contributed by atoms with Gasteiger partial charge < -0.3 is 10.2 Å². The zero-order chi connectivity index (χ0) is 11.7. The van der Waals surface area contributed by atoms with Gasteiger partial charge in [0.15, 0.2) is 0 Å². The van der Waals surface area contributed by atoms with E-state index in [1.807, 2.05) is 6.07 Å². The second kappa shape index (κ2) is 4.15. The van der Waals surface area contributed by atoms with E-state index in [9.17, 15) is 0 Å². The predicted octanol–water partition coefficient (Wildman–Crippen LogP) is 2.18. The van der Waals surface area contributed by atoms with Crippen molar-refractivity contribution in [3.05, 3.63) is 35.9 Å². The third-order valence-electron chi connectivity index (χ3n) is 3.98. The summed E-state index contributed by atoms with van der Waals surface area (Å²) in [6.45, 7) is 4.30. The van der Waals surface area contributed by atoms with Crippen molar-refractivity contribution in [3.8, 4) is 0 Å². The van der Waals surface area contributed by atoms with Gasteiger partial charge in [0, 0.05) is 25.3 Å². The summed E-state index contributed by atoms with van der Waals surface area (Å²) < 4.78 is 0. The number of oxime groups is 1. The lowest BCUT2D eigenvalue weighted by atomic mass is 9.79. The van der Waals surface area contributed by atoms with Crippen molar-refractivity contribution in [1.29, 1.82) is 0 Å². The van der Waals surface area contributed by atoms with Gasteiger partial charge in [0.1, 0.15) is 5.60 Å². The second-order valence-corrected chi connectivity index (χ2v) is 5.09. The lowest BCUT2D eigenvalue weighted by Gasteiger charge is -2.37. The van der Waals surface area contributed by atoms with Gasteiger partial charge >= 0.3 is 0 Å². The summed E-state index contributed by atoms with van der Waals surface area (Å²) in [7, 11) is 0. The van der Waals surface area contributed by atoms with Crippen LogP contribution >= 0.6 is 0 Å². The summed E-state index contributed by atoms with van der Waals surface area (Å²) in [6.07, 6.45) is 1.99. The number of nitrogens with zero attached hydrogens (tertiary/aromatic N) is 1. The molecule has 1 saturated heterocycles. The van der Waals surface area contributed by atoms with Gasteiger partial charge in [0.2, 0.25) is 0 Å². The first-order valence-corrected chi connectivity index (χ1v) is 6.31. The quantitative estimate of drug-likeness (QED) is 0.802. The van der Waals surface area contributed by atoms with Gasteiger partial charge in [-0.3, -0.25) is 0 Å². The number of hydrogen-bond acceptors (Lipinski definition) is 3. The fourth-order valence-corrected chi connectivity index (χ4v) is 2.73. The molecule has 3 heteroatoms. The van der Waals surface area contributed by atoms with Crippen LogP contribution in [0.15, 0.2) is 35.5 Å². The highest BCUT2D eigenvalue weighted by molar-refractivity contribution is 6.01. The minimum absolute atomic E-state index is 0.0591. The molecule has 1 N–H and O–H groups in total. The first-order valence-electron chi connectivity index (χ1n) is 6.31. The molecule has 1 aromatic carbocycles. The highest BCUT2D eigenvalue weighted by atomic mass is 16.7. The molecule has 0 radical (unpaired) electrons. The van der Waals surface area contributed by atoms with Gasteiger partial charge in [-0.25, -0.2) is 0 Å². The molecular weight excluding hydrogens is 212 g/mol. The van der Waals surface area contributed by atoms with Crippen molar-refractivity contribution < 1.29 is 4.84 Å². The smallest absolute Gasteiger partial charge is 0.148 e. The minimum Gasteiger partial charge on any atom is -0.388 e. The van der Waals surface area contributed by atoms with Crippen LogP contribution in [0.5, 0.6) is 0 Å². The molecule has 3 nitrogen and oxygen atoms in total. The highest BCUT2D eigenvalue weighted by Crippen LogP contribution is 2.37. The maximum atomic E-state index is 5.81. The Hall–Kier alpha value is -1.35. The minimum atomic E-state index is -0.0591. The van der Waals surface area contributed by atoms with E-state index in [1.165, 1.54) is 5.56 Å². The van der Waals surface area contributed by atoms with Crippen molar-refractivity contribution in [2.45, 2.75) is 25.4 Å². The predicted molar refractivity (Wildman–Crippen MR) is 68.1 cm³/mol. The molecule has 1 aromatic rings. The summed E-state index contributed by atoms with van der Waals surface area (Å²) in [6, 6.07) is 10.3. The van der Waals surface area contributed by atoms with Gasteiger partial charge in [-0.15, -0.1) is 0 Å². The SMILES string of the molecule is CC1CNCCC12CC(c1ccccc1)=NO2. The lowest BCUT2D eigenvalue weighted by molar-refractivity contribution is -0.0748. The summed E-state index contributed by atoms with van der Waals surface area (Å²) in [5.74, 6) is 0.515. The summed E-state index contributed by atoms with van der Waals surface area (Å²) in [5, 5.41) is 7.73. The van der Waals surface area contributed by atoms with E-state index < -0.39 is 0 Å². The summed E-state index contributed by atoms with van der Waals surface area (Å²) in [5.41, 5.74) is 2.23. The van der Waals surface area contributed by atoms with Gasteiger partial charge in [0.05, 0.1) is 5.71 Å². The Kier molecular flexibility index (Phi) is 2.63. The molecule has 3 rings (SSSR count). The zero-order valence-corrected chi connectivity index (χ0v) is 10.1. The van der Waals surface area contributed by atoms with Crippen LogP contribution in [-0.2, 0) is 4.84 Å². The first-order chi connectivity index (χ1) is 8.30. The molecule has 1 fully saturated rings. The van der Waals surface area contributed by atoms with Gasteiger partial charge in [0.25, 0.3) is 0 Å². The number of benzene rings is 1. The van der Waals surface area contributed by atoms with Crippen molar-refractivity contribution in [1.82, 2.24) is 5.32 Å². The van der Waals surface area contributed by atoms with Gasteiger partial charge in [-0.1, -0.05) is 42.4 Å². The molecule has 2 atom stereocenters. The Bertz CT molecular complexity index is 429. The summed E-state index contributed by atoms with van der Waals surface area (Å²) in [4.78, 5) is 5.81. The van der Waals surface area contributed by atoms with Crippen molar-refractivity contribution in [2.75, 3.05) is 13.1 Å². The Morgan fingerprint density at radius 1 is 1.35 bits per heavy atom. The molecule has 2 unspecified atom stereocenters. The Balaban J connectivity index is 1.80. The maximum Gasteiger partial charge on any atom is 0.148 e. The Labute approximate surface area is 102 Å². The molecule has 0 saturated carbocycles. The van der Waals surface area contributed by atoms with Crippen molar-refractivity contribution in [2.24, 2.45) is 11.1 Å². The van der Waals surface area contributed by atoms with Crippen LogP contribution < -0.4 is 5.32 Å². The average molecular weight is 230 g/mol. The molecule has 2 aliphatic heterocycles. The van der Waals surface area contributed by atoms with Crippen LogP contribution in [0.3, 0.4) is 0 Å². The van der Waals surface area contributed by atoms with Crippen molar-refractivity contribution in [3.63, 3.8) is 0 Å². The molecule has 2 aliphatic rings. The van der Waals surface area contributed by atoms with Crippen molar-refractivity contribution >= 4 is 5.71 Å². The number of nitrogens with one attached hydrogen (secondary N) is 1. The average Bonchev–Trinajstić information content (AvgIpc) is 2.80. The van der Waals surface area contributed by atoms with Gasteiger partial charge in [-0.2, -0.15) is 0 Å². The molecule has 0 amide bonds. The third-order valence-corrected chi connectivity index (χ3v) is 3.98. The fraction of sp³-hybridized carbons (Fsp3) is 0.500. The van der Waals surface area contributed by atoms with E-state index in [2.05, 4.69) is 41.7 Å². The number of hydrogen-bond donors (Lipinski definition) is 1. The largest absolute Gasteiger partial charge is 0.388 e. The van der Waals surface area contributed by atoms with E-state index >= 15 is 0 Å². The number of piperidine rings is 1. The topological polar surface area (TPSA) is 33.6 Å². The van der Waals surface area contributed by atoms with Crippen LogP contribution in [0.1, 0.15) is 25.3 Å². The molecular formula is C14H18N2O. The molecule has 17 heavy (non-hydrogen) atoms. The fourth-order valence-electron chi connectivity index (χ4n) is 2.73. The lowest BCUT2D eigenvalue weighted by Crippen LogP contribution is -2.49. The highest BCUT2D eigenvalue weighted by Gasteiger charge is 2.45. The van der Waals surface area contributed by atoms with Crippen LogP contribution in [0, 0.1) is 5.92 Å². The molecule has 0 bridgehead atoms.